The van der Waals surface area contributed by atoms with Gasteiger partial charge in [-0.25, -0.2) is 0 Å². The van der Waals surface area contributed by atoms with Crippen LogP contribution in [0.1, 0.15) is 99.8 Å². The van der Waals surface area contributed by atoms with E-state index in [1.807, 2.05) is 7.11 Å². The van der Waals surface area contributed by atoms with Crippen molar-refractivity contribution in [3.05, 3.63) is 12.2 Å². The SMILES string of the molecule is COCC12CCC(C)C(C)C1C1(O)C=CC3C4(C)CCC(=O)C(C)(C)C4CCC3(C)C1(C)CC2. The van der Waals surface area contributed by atoms with Crippen molar-refractivity contribution in [2.75, 3.05) is 13.7 Å². The van der Waals surface area contributed by atoms with Crippen molar-refractivity contribution in [2.24, 2.45) is 56.7 Å². The summed E-state index contributed by atoms with van der Waals surface area (Å²) in [4.78, 5) is 12.9. The summed E-state index contributed by atoms with van der Waals surface area (Å²) in [6.45, 7) is 17.4. The molecule has 0 aliphatic heterocycles. The fourth-order valence-electron chi connectivity index (χ4n) is 11.1. The number of methoxy groups -OCH3 is 1. The number of hydrogen-bond donors (Lipinski definition) is 1. The minimum Gasteiger partial charge on any atom is -0.385 e. The molecule has 0 spiro atoms. The van der Waals surface area contributed by atoms with Gasteiger partial charge in [0.15, 0.2) is 0 Å². The van der Waals surface area contributed by atoms with Gasteiger partial charge < -0.3 is 9.84 Å². The van der Waals surface area contributed by atoms with Gasteiger partial charge >= 0.3 is 0 Å². The molecule has 5 rings (SSSR count). The van der Waals surface area contributed by atoms with Gasteiger partial charge in [0, 0.05) is 30.3 Å². The zero-order valence-electron chi connectivity index (χ0n) is 23.2. The van der Waals surface area contributed by atoms with E-state index in [1.54, 1.807) is 0 Å². The summed E-state index contributed by atoms with van der Waals surface area (Å²) in [5, 5.41) is 13.0. The average Bonchev–Trinajstić information content (AvgIpc) is 2.76. The summed E-state index contributed by atoms with van der Waals surface area (Å²) in [5.74, 6) is 2.60. The lowest BCUT2D eigenvalue weighted by atomic mass is 9.31. The van der Waals surface area contributed by atoms with E-state index in [9.17, 15) is 9.90 Å². The second kappa shape index (κ2) is 7.44. The number of rotatable bonds is 2. The molecule has 3 nitrogen and oxygen atoms in total. The molecule has 0 heterocycles. The van der Waals surface area contributed by atoms with Gasteiger partial charge in [0.05, 0.1) is 12.2 Å². The Hall–Kier alpha value is -0.670. The highest BCUT2D eigenvalue weighted by molar-refractivity contribution is 5.85. The Balaban J connectivity index is 1.64. The van der Waals surface area contributed by atoms with Crippen LogP contribution in [0.2, 0.25) is 0 Å². The van der Waals surface area contributed by atoms with Crippen molar-refractivity contribution in [3.63, 3.8) is 0 Å². The second-order valence-electron chi connectivity index (χ2n) is 14.8. The third kappa shape index (κ3) is 2.75. The standard InChI is InChI=1S/C31H50O3/c1-20-9-15-30(19-34-8)18-17-29(7)28(6)14-10-22-26(3,4)24(32)12-13-27(22,5)23(28)11-16-31(29,33)25(30)21(20)2/h11,16,20-23,25,33H,9-10,12-15,17-19H2,1-8H3. The van der Waals surface area contributed by atoms with Gasteiger partial charge in [-0.2, -0.15) is 0 Å². The Kier molecular flexibility index (Phi) is 5.47. The van der Waals surface area contributed by atoms with Crippen molar-refractivity contribution >= 4 is 5.78 Å². The van der Waals surface area contributed by atoms with Crippen molar-refractivity contribution < 1.29 is 14.6 Å². The monoisotopic (exact) mass is 470 g/mol. The molecule has 10 atom stereocenters. The topological polar surface area (TPSA) is 46.5 Å². The van der Waals surface area contributed by atoms with Crippen LogP contribution < -0.4 is 0 Å². The molecule has 0 radical (unpaired) electrons. The maximum Gasteiger partial charge on any atom is 0.138 e. The first-order valence-corrected chi connectivity index (χ1v) is 14.2. The maximum atomic E-state index is 13.0. The molecule has 10 unspecified atom stereocenters. The largest absolute Gasteiger partial charge is 0.385 e. The summed E-state index contributed by atoms with van der Waals surface area (Å²) in [5.41, 5.74) is -1.03. The first-order valence-electron chi connectivity index (χ1n) is 14.2. The van der Waals surface area contributed by atoms with E-state index < -0.39 is 5.60 Å². The lowest BCUT2D eigenvalue weighted by Gasteiger charge is -2.74. The van der Waals surface area contributed by atoms with Gasteiger partial charge in [-0.05, 0) is 84.9 Å². The minimum absolute atomic E-state index is 0.0256. The van der Waals surface area contributed by atoms with Gasteiger partial charge in [0.2, 0.25) is 0 Å². The predicted molar refractivity (Wildman–Crippen MR) is 137 cm³/mol. The number of Topliss-reactive ketones (excluding diaryl/α,β-unsaturated/α-hetero) is 1. The van der Waals surface area contributed by atoms with Crippen molar-refractivity contribution in [1.82, 2.24) is 0 Å². The molecular weight excluding hydrogens is 420 g/mol. The highest BCUT2D eigenvalue weighted by Gasteiger charge is 2.74. The summed E-state index contributed by atoms with van der Waals surface area (Å²) < 4.78 is 5.87. The van der Waals surface area contributed by atoms with Gasteiger partial charge in [0.25, 0.3) is 0 Å². The summed E-state index contributed by atoms with van der Waals surface area (Å²) >= 11 is 0. The molecule has 1 N–H and O–H groups in total. The van der Waals surface area contributed by atoms with E-state index in [0.717, 1.165) is 38.7 Å². The molecule has 0 saturated heterocycles. The van der Waals surface area contributed by atoms with E-state index in [4.69, 9.17) is 4.74 Å². The van der Waals surface area contributed by atoms with Crippen LogP contribution in [0.4, 0.5) is 0 Å². The number of allylic oxidation sites excluding steroid dienone is 1. The number of carbonyl (C=O) groups excluding carboxylic acids is 1. The fourth-order valence-corrected chi connectivity index (χ4v) is 11.1. The zero-order chi connectivity index (χ0) is 24.9. The minimum atomic E-state index is -0.813. The summed E-state index contributed by atoms with van der Waals surface area (Å²) in [6, 6.07) is 0. The molecule has 0 amide bonds. The van der Waals surface area contributed by atoms with Crippen LogP contribution in [0.5, 0.6) is 0 Å². The number of carbonyl (C=O) groups is 1. The quantitative estimate of drug-likeness (QED) is 0.450. The number of fused-ring (bicyclic) bond motifs is 7. The molecule has 34 heavy (non-hydrogen) atoms. The molecule has 192 valence electrons. The Morgan fingerprint density at radius 3 is 2.38 bits per heavy atom. The van der Waals surface area contributed by atoms with Crippen LogP contribution in [-0.4, -0.2) is 30.2 Å². The van der Waals surface area contributed by atoms with Gasteiger partial charge in [-0.1, -0.05) is 60.6 Å². The Bertz CT molecular complexity index is 891. The summed E-state index contributed by atoms with van der Waals surface area (Å²) in [7, 11) is 1.84. The van der Waals surface area contributed by atoms with Crippen molar-refractivity contribution in [1.29, 1.82) is 0 Å². The third-order valence-electron chi connectivity index (χ3n) is 13.5. The third-order valence-corrected chi connectivity index (χ3v) is 13.5. The van der Waals surface area contributed by atoms with Crippen LogP contribution in [0.3, 0.4) is 0 Å². The van der Waals surface area contributed by atoms with Crippen LogP contribution in [0.25, 0.3) is 0 Å². The smallest absolute Gasteiger partial charge is 0.138 e. The van der Waals surface area contributed by atoms with E-state index >= 15 is 0 Å². The van der Waals surface area contributed by atoms with E-state index in [2.05, 4.69) is 60.6 Å². The second-order valence-corrected chi connectivity index (χ2v) is 14.8. The molecule has 3 heteroatoms. The molecule has 0 aromatic rings. The molecule has 5 aliphatic rings. The van der Waals surface area contributed by atoms with Crippen LogP contribution in [0.15, 0.2) is 12.2 Å². The molecule has 5 aliphatic carbocycles. The van der Waals surface area contributed by atoms with E-state index in [-0.39, 0.29) is 33.0 Å². The lowest BCUT2D eigenvalue weighted by Crippen LogP contribution is -2.73. The first-order chi connectivity index (χ1) is 15.7. The van der Waals surface area contributed by atoms with Crippen LogP contribution >= 0.6 is 0 Å². The molecule has 4 saturated carbocycles. The van der Waals surface area contributed by atoms with Crippen molar-refractivity contribution in [3.8, 4) is 0 Å². The first kappa shape index (κ1) is 25.0. The number of ether oxygens (including phenoxy) is 1. The Morgan fingerprint density at radius 1 is 1.00 bits per heavy atom. The number of hydrogen-bond acceptors (Lipinski definition) is 3. The van der Waals surface area contributed by atoms with Crippen LogP contribution in [-0.2, 0) is 9.53 Å². The molecule has 0 bridgehead atoms. The molecule has 0 aromatic heterocycles. The van der Waals surface area contributed by atoms with E-state index in [1.165, 1.54) is 12.8 Å². The highest BCUT2D eigenvalue weighted by Crippen LogP contribution is 2.76. The summed E-state index contributed by atoms with van der Waals surface area (Å²) in [6.07, 6.45) is 13.3. The van der Waals surface area contributed by atoms with E-state index in [0.29, 0.717) is 35.9 Å². The lowest BCUT2D eigenvalue weighted by molar-refractivity contribution is -0.277. The number of ketones is 1. The van der Waals surface area contributed by atoms with Crippen LogP contribution in [0, 0.1) is 56.7 Å². The Morgan fingerprint density at radius 2 is 1.71 bits per heavy atom. The van der Waals surface area contributed by atoms with Crippen molar-refractivity contribution in [2.45, 2.75) is 105 Å². The van der Waals surface area contributed by atoms with Gasteiger partial charge in [-0.15, -0.1) is 0 Å². The average molecular weight is 471 g/mol. The van der Waals surface area contributed by atoms with Gasteiger partial charge in [-0.3, -0.25) is 4.79 Å². The number of aliphatic hydroxyl groups is 1. The molecule has 0 aromatic carbocycles. The normalized spacial score (nSPS) is 56.1. The maximum absolute atomic E-state index is 13.0. The predicted octanol–water partition coefficient (Wildman–Crippen LogP) is 6.83. The molecule has 4 fully saturated rings. The highest BCUT2D eigenvalue weighted by atomic mass is 16.5. The Labute approximate surface area is 208 Å². The van der Waals surface area contributed by atoms with Gasteiger partial charge in [0.1, 0.15) is 5.78 Å². The zero-order valence-corrected chi connectivity index (χ0v) is 23.2. The molecular formula is C31H50O3. The fraction of sp³-hybridized carbons (Fsp3) is 0.903.